The van der Waals surface area contributed by atoms with Crippen LogP contribution in [0.3, 0.4) is 0 Å². The van der Waals surface area contributed by atoms with Gasteiger partial charge in [0.25, 0.3) is 0 Å². The van der Waals surface area contributed by atoms with Gasteiger partial charge >= 0.3 is 0 Å². The summed E-state index contributed by atoms with van der Waals surface area (Å²) in [6.45, 7) is 10.8. The molecule has 0 aliphatic carbocycles. The van der Waals surface area contributed by atoms with Crippen LogP contribution in [0, 0.1) is 5.92 Å². The normalized spacial score (nSPS) is 22.7. The van der Waals surface area contributed by atoms with E-state index in [2.05, 4.69) is 44.0 Å². The Balaban J connectivity index is 1.78. The lowest BCUT2D eigenvalue weighted by Gasteiger charge is -2.47. The van der Waals surface area contributed by atoms with Crippen molar-refractivity contribution < 1.29 is 9.53 Å². The topological polar surface area (TPSA) is 41.6 Å². The number of likely N-dealkylation sites (tertiary alicyclic amines) is 1. The summed E-state index contributed by atoms with van der Waals surface area (Å²) in [6.07, 6.45) is 3.50. The minimum Gasteiger partial charge on any atom is -0.487 e. The van der Waals surface area contributed by atoms with Crippen molar-refractivity contribution in [2.75, 3.05) is 13.1 Å². The molecule has 2 aliphatic rings. The number of carbonyl (C=O) groups is 1. The predicted octanol–water partition coefficient (Wildman–Crippen LogP) is 3.92. The highest BCUT2D eigenvalue weighted by atomic mass is 16.5. The number of fused-ring (bicyclic) bond motifs is 1. The molecule has 2 heterocycles. The summed E-state index contributed by atoms with van der Waals surface area (Å²) in [5, 5.41) is 3.28. The van der Waals surface area contributed by atoms with Crippen LogP contribution in [-0.2, 0) is 4.79 Å². The number of ether oxygens (including phenoxy) is 1. The van der Waals surface area contributed by atoms with Crippen molar-refractivity contribution in [1.29, 1.82) is 0 Å². The zero-order valence-corrected chi connectivity index (χ0v) is 16.0. The third kappa shape index (κ3) is 4.17. The van der Waals surface area contributed by atoms with Crippen LogP contribution in [0.15, 0.2) is 24.3 Å². The second-order valence-electron chi connectivity index (χ2n) is 8.37. The van der Waals surface area contributed by atoms with E-state index >= 15 is 0 Å². The summed E-state index contributed by atoms with van der Waals surface area (Å²) in [5.74, 6) is 1.46. The molecule has 1 saturated heterocycles. The molecule has 0 bridgehead atoms. The summed E-state index contributed by atoms with van der Waals surface area (Å²) in [6, 6.07) is 8.83. The first kappa shape index (κ1) is 18.2. The van der Waals surface area contributed by atoms with Gasteiger partial charge in [0.05, 0.1) is 6.04 Å². The van der Waals surface area contributed by atoms with Crippen molar-refractivity contribution in [3.8, 4) is 5.75 Å². The van der Waals surface area contributed by atoms with E-state index in [1.807, 2.05) is 18.2 Å². The number of nitrogens with one attached hydrogen (secondary N) is 1. The minimum absolute atomic E-state index is 0.0572. The number of rotatable bonds is 4. The number of para-hydroxylation sites is 1. The molecule has 4 heteroatoms. The Labute approximate surface area is 151 Å². The van der Waals surface area contributed by atoms with Crippen LogP contribution in [0.5, 0.6) is 5.75 Å². The van der Waals surface area contributed by atoms with Gasteiger partial charge in [-0.25, -0.2) is 0 Å². The second kappa shape index (κ2) is 7.36. The second-order valence-corrected chi connectivity index (χ2v) is 8.37. The fourth-order valence-electron chi connectivity index (χ4n) is 4.13. The van der Waals surface area contributed by atoms with Crippen LogP contribution in [0.2, 0.25) is 0 Å². The number of carbonyl (C=O) groups excluding carboxylic acids is 1. The lowest BCUT2D eigenvalue weighted by molar-refractivity contribution is -0.123. The highest BCUT2D eigenvalue weighted by molar-refractivity contribution is 5.76. The summed E-state index contributed by atoms with van der Waals surface area (Å²) in [7, 11) is 0. The number of nitrogens with zero attached hydrogens (tertiary/aromatic N) is 1. The Morgan fingerprint density at radius 3 is 2.56 bits per heavy atom. The van der Waals surface area contributed by atoms with Gasteiger partial charge in [-0.15, -0.1) is 0 Å². The number of piperidine rings is 1. The van der Waals surface area contributed by atoms with E-state index in [1.165, 1.54) is 0 Å². The largest absolute Gasteiger partial charge is 0.487 e. The molecule has 138 valence electrons. The molecule has 0 saturated carbocycles. The van der Waals surface area contributed by atoms with Crippen molar-refractivity contribution in [2.45, 2.75) is 71.1 Å². The molecule has 1 N–H and O–H groups in total. The lowest BCUT2D eigenvalue weighted by atomic mass is 9.80. The van der Waals surface area contributed by atoms with Gasteiger partial charge in [0.15, 0.2) is 0 Å². The zero-order chi connectivity index (χ0) is 18.0. The molecule has 4 nitrogen and oxygen atoms in total. The van der Waals surface area contributed by atoms with Crippen LogP contribution in [0.25, 0.3) is 0 Å². The van der Waals surface area contributed by atoms with E-state index < -0.39 is 0 Å². The molecule has 1 aromatic rings. The molecule has 0 radical (unpaired) electrons. The minimum atomic E-state index is -0.143. The first-order valence-electron chi connectivity index (χ1n) is 9.70. The van der Waals surface area contributed by atoms with E-state index in [1.54, 1.807) is 0 Å². The molecular weight excluding hydrogens is 312 g/mol. The molecule has 1 unspecified atom stereocenters. The van der Waals surface area contributed by atoms with Crippen molar-refractivity contribution in [1.82, 2.24) is 10.2 Å². The summed E-state index contributed by atoms with van der Waals surface area (Å²) < 4.78 is 6.50. The molecule has 1 atom stereocenters. The number of hydrogen-bond donors (Lipinski definition) is 1. The highest BCUT2D eigenvalue weighted by Crippen LogP contribution is 2.44. The smallest absolute Gasteiger partial charge is 0.220 e. The van der Waals surface area contributed by atoms with Crippen molar-refractivity contribution in [3.63, 3.8) is 0 Å². The Bertz CT molecular complexity index is 604. The predicted molar refractivity (Wildman–Crippen MR) is 101 cm³/mol. The number of hydrogen-bond acceptors (Lipinski definition) is 3. The summed E-state index contributed by atoms with van der Waals surface area (Å²) in [5.41, 5.74) is 0.978. The molecule has 25 heavy (non-hydrogen) atoms. The van der Waals surface area contributed by atoms with Crippen LogP contribution >= 0.6 is 0 Å². The Morgan fingerprint density at radius 1 is 1.24 bits per heavy atom. The first-order chi connectivity index (χ1) is 11.9. The molecule has 0 aromatic heterocycles. The molecule has 1 aromatic carbocycles. The van der Waals surface area contributed by atoms with Gasteiger partial charge in [-0.05, 0) is 38.7 Å². The van der Waals surface area contributed by atoms with E-state index in [4.69, 9.17) is 4.74 Å². The van der Waals surface area contributed by atoms with Gasteiger partial charge in [-0.1, -0.05) is 32.0 Å². The zero-order valence-electron chi connectivity index (χ0n) is 16.0. The number of amides is 1. The Morgan fingerprint density at radius 2 is 1.92 bits per heavy atom. The van der Waals surface area contributed by atoms with E-state index in [0.29, 0.717) is 18.4 Å². The van der Waals surface area contributed by atoms with Crippen molar-refractivity contribution in [2.24, 2.45) is 5.92 Å². The van der Waals surface area contributed by atoms with Gasteiger partial charge < -0.3 is 15.0 Å². The van der Waals surface area contributed by atoms with Crippen LogP contribution < -0.4 is 10.1 Å². The van der Waals surface area contributed by atoms with Gasteiger partial charge in [0.1, 0.15) is 11.4 Å². The highest BCUT2D eigenvalue weighted by Gasteiger charge is 2.43. The van der Waals surface area contributed by atoms with Crippen LogP contribution in [-0.4, -0.2) is 35.5 Å². The maximum Gasteiger partial charge on any atom is 0.220 e. The van der Waals surface area contributed by atoms with Crippen molar-refractivity contribution in [3.05, 3.63) is 29.8 Å². The molecule has 1 spiro atoms. The molecule has 3 rings (SSSR count). The quantitative estimate of drug-likeness (QED) is 0.900. The van der Waals surface area contributed by atoms with Crippen molar-refractivity contribution >= 4 is 5.91 Å². The SMILES string of the molecule is CC(C)CC(=O)NC1CC2(CCN(C(C)C)CC2)Oc2ccccc21. The number of benzene rings is 1. The standard InChI is InChI=1S/C21H32N2O2/c1-15(2)13-20(24)22-18-14-21(9-11-23(12-10-21)16(3)4)25-19-8-6-5-7-17(18)19/h5-8,15-16,18H,9-14H2,1-4H3,(H,22,24). The van der Waals surface area contributed by atoms with Gasteiger partial charge in [0.2, 0.25) is 5.91 Å². The van der Waals surface area contributed by atoms with E-state index in [-0.39, 0.29) is 17.6 Å². The third-order valence-electron chi connectivity index (χ3n) is 5.57. The van der Waals surface area contributed by atoms with Crippen LogP contribution in [0.4, 0.5) is 0 Å². The van der Waals surface area contributed by atoms with E-state index in [0.717, 1.165) is 43.7 Å². The first-order valence-corrected chi connectivity index (χ1v) is 9.70. The Hall–Kier alpha value is -1.55. The lowest BCUT2D eigenvalue weighted by Crippen LogP contribution is -2.53. The third-order valence-corrected chi connectivity index (χ3v) is 5.57. The molecule has 1 amide bonds. The van der Waals surface area contributed by atoms with Gasteiger partial charge in [0, 0.05) is 37.5 Å². The average Bonchev–Trinajstić information content (AvgIpc) is 2.54. The maximum atomic E-state index is 12.4. The average molecular weight is 344 g/mol. The fraction of sp³-hybridized carbons (Fsp3) is 0.667. The summed E-state index contributed by atoms with van der Waals surface area (Å²) in [4.78, 5) is 14.9. The summed E-state index contributed by atoms with van der Waals surface area (Å²) >= 11 is 0. The molecule has 1 fully saturated rings. The fourth-order valence-corrected chi connectivity index (χ4v) is 4.13. The van der Waals surface area contributed by atoms with Gasteiger partial charge in [-0.3, -0.25) is 4.79 Å². The molecular formula is C21H32N2O2. The molecule has 2 aliphatic heterocycles. The van der Waals surface area contributed by atoms with Crippen LogP contribution in [0.1, 0.15) is 65.0 Å². The van der Waals surface area contributed by atoms with E-state index in [9.17, 15) is 4.79 Å². The van der Waals surface area contributed by atoms with Gasteiger partial charge in [-0.2, -0.15) is 0 Å². The maximum absolute atomic E-state index is 12.4. The monoisotopic (exact) mass is 344 g/mol. The Kier molecular flexibility index (Phi) is 5.38.